The maximum absolute atomic E-state index is 12.0. The van der Waals surface area contributed by atoms with Crippen LogP contribution in [0.2, 0.25) is 0 Å². The number of aliphatic hydroxyl groups is 1. The van der Waals surface area contributed by atoms with Crippen molar-refractivity contribution < 1.29 is 9.90 Å². The van der Waals surface area contributed by atoms with Gasteiger partial charge < -0.3 is 20.2 Å². The van der Waals surface area contributed by atoms with Crippen LogP contribution in [0, 0.1) is 5.92 Å². The molecular weight excluding hydrogens is 288 g/mol. The van der Waals surface area contributed by atoms with Gasteiger partial charge >= 0.3 is 6.03 Å². The number of aliphatic hydroxyl groups excluding tert-OH is 1. The third kappa shape index (κ3) is 5.26. The fraction of sp³-hybridized carbons (Fsp3) is 0.714. The third-order valence-corrected chi connectivity index (χ3v) is 4.43. The van der Waals surface area contributed by atoms with Gasteiger partial charge in [0.1, 0.15) is 0 Å². The van der Waals surface area contributed by atoms with Crippen LogP contribution in [0.25, 0.3) is 0 Å². The lowest BCUT2D eigenvalue weighted by Crippen LogP contribution is -2.44. The van der Waals surface area contributed by atoms with Gasteiger partial charge in [-0.25, -0.2) is 9.78 Å². The minimum atomic E-state index is -0.0706. The number of likely N-dealkylation sites (tertiary alicyclic amines) is 1. The zero-order valence-corrected chi connectivity index (χ0v) is 13.3. The van der Waals surface area contributed by atoms with Crippen LogP contribution < -0.4 is 5.32 Å². The van der Waals surface area contributed by atoms with Crippen LogP contribution >= 0.6 is 11.3 Å². The average Bonchev–Trinajstić information content (AvgIpc) is 3.00. The molecule has 1 atom stereocenters. The second kappa shape index (κ2) is 8.31. The van der Waals surface area contributed by atoms with E-state index in [4.69, 9.17) is 0 Å². The number of carbonyl (C=O) groups excluding carboxylic acids is 1. The molecule has 0 bridgehead atoms. The fourth-order valence-corrected chi connectivity index (χ4v) is 3.14. The first-order valence-electron chi connectivity index (χ1n) is 7.38. The standard InChI is InChI=1S/C14H24N4O2S/c1-17(8-13-10-21-11-16-13)14(20)15-4-6-18-5-2-3-12(7-18)9-19/h10-12,19H,2-9H2,1H3,(H,15,20)/t12-/m1/s1. The molecule has 2 amide bonds. The van der Waals surface area contributed by atoms with Crippen LogP contribution in [0.4, 0.5) is 4.79 Å². The lowest BCUT2D eigenvalue weighted by Gasteiger charge is -2.31. The zero-order valence-electron chi connectivity index (χ0n) is 12.5. The molecule has 1 aromatic rings. The fourth-order valence-electron chi connectivity index (χ4n) is 2.59. The van der Waals surface area contributed by atoms with E-state index < -0.39 is 0 Å². The first-order chi connectivity index (χ1) is 10.2. The molecule has 1 saturated heterocycles. The molecule has 1 aliphatic heterocycles. The molecule has 1 aliphatic rings. The van der Waals surface area contributed by atoms with Gasteiger partial charge in [0.25, 0.3) is 0 Å². The lowest BCUT2D eigenvalue weighted by molar-refractivity contribution is 0.121. The monoisotopic (exact) mass is 312 g/mol. The number of hydrogen-bond acceptors (Lipinski definition) is 5. The Labute approximate surface area is 129 Å². The molecule has 0 radical (unpaired) electrons. The highest BCUT2D eigenvalue weighted by Crippen LogP contribution is 2.14. The molecule has 1 fully saturated rings. The molecular formula is C14H24N4O2S. The number of amides is 2. The summed E-state index contributed by atoms with van der Waals surface area (Å²) in [6, 6.07) is -0.0706. The van der Waals surface area contributed by atoms with Gasteiger partial charge in [-0.2, -0.15) is 0 Å². The Morgan fingerprint density at radius 2 is 2.52 bits per heavy atom. The van der Waals surface area contributed by atoms with E-state index in [-0.39, 0.29) is 12.6 Å². The van der Waals surface area contributed by atoms with E-state index in [9.17, 15) is 9.90 Å². The van der Waals surface area contributed by atoms with Gasteiger partial charge in [-0.3, -0.25) is 0 Å². The zero-order chi connectivity index (χ0) is 15.1. The minimum absolute atomic E-state index is 0.0706. The maximum atomic E-state index is 12.0. The second-order valence-electron chi connectivity index (χ2n) is 5.56. The summed E-state index contributed by atoms with van der Waals surface area (Å²) in [6.45, 7) is 4.26. The normalized spacial score (nSPS) is 19.4. The predicted octanol–water partition coefficient (Wildman–Crippen LogP) is 0.989. The summed E-state index contributed by atoms with van der Waals surface area (Å²) in [5.74, 6) is 0.391. The van der Waals surface area contributed by atoms with Crippen molar-refractivity contribution in [3.63, 3.8) is 0 Å². The summed E-state index contributed by atoms with van der Waals surface area (Å²) >= 11 is 1.54. The molecule has 7 heteroatoms. The van der Waals surface area contributed by atoms with Crippen LogP contribution in [0.15, 0.2) is 10.9 Å². The van der Waals surface area contributed by atoms with Crippen LogP contribution in [-0.4, -0.2) is 65.8 Å². The number of urea groups is 1. The van der Waals surface area contributed by atoms with E-state index in [0.29, 0.717) is 19.0 Å². The van der Waals surface area contributed by atoms with Crippen molar-refractivity contribution >= 4 is 17.4 Å². The number of nitrogens with zero attached hydrogens (tertiary/aromatic N) is 3. The van der Waals surface area contributed by atoms with Gasteiger partial charge in [0.2, 0.25) is 0 Å². The number of rotatable bonds is 6. The molecule has 0 aromatic carbocycles. The average molecular weight is 312 g/mol. The molecule has 21 heavy (non-hydrogen) atoms. The minimum Gasteiger partial charge on any atom is -0.396 e. The smallest absolute Gasteiger partial charge is 0.317 e. The van der Waals surface area contributed by atoms with Crippen molar-refractivity contribution in [2.75, 3.05) is 39.8 Å². The number of piperidine rings is 1. The molecule has 1 aromatic heterocycles. The summed E-state index contributed by atoms with van der Waals surface area (Å²) in [5, 5.41) is 14.1. The Hall–Kier alpha value is -1.18. The molecule has 2 rings (SSSR count). The van der Waals surface area contributed by atoms with Gasteiger partial charge in [-0.1, -0.05) is 0 Å². The topological polar surface area (TPSA) is 68.7 Å². The first-order valence-corrected chi connectivity index (χ1v) is 8.32. The molecule has 2 heterocycles. The molecule has 0 saturated carbocycles. The van der Waals surface area contributed by atoms with Gasteiger partial charge in [-0.15, -0.1) is 11.3 Å². The molecule has 0 spiro atoms. The SMILES string of the molecule is CN(Cc1cscn1)C(=O)NCCN1CCC[C@@H](CO)C1. The van der Waals surface area contributed by atoms with E-state index in [2.05, 4.69) is 15.2 Å². The maximum Gasteiger partial charge on any atom is 0.317 e. The molecule has 0 aliphatic carbocycles. The summed E-state index contributed by atoms with van der Waals surface area (Å²) in [5.41, 5.74) is 2.69. The number of hydrogen-bond donors (Lipinski definition) is 2. The quantitative estimate of drug-likeness (QED) is 0.822. The van der Waals surface area contributed by atoms with Gasteiger partial charge in [0.15, 0.2) is 0 Å². The first kappa shape index (κ1) is 16.2. The van der Waals surface area contributed by atoms with E-state index in [1.54, 1.807) is 17.5 Å². The molecule has 2 N–H and O–H groups in total. The Balaban J connectivity index is 1.64. The van der Waals surface area contributed by atoms with Crippen molar-refractivity contribution in [1.29, 1.82) is 0 Å². The Bertz CT molecular complexity index is 427. The van der Waals surface area contributed by atoms with Crippen molar-refractivity contribution in [2.24, 2.45) is 5.92 Å². The number of aromatic nitrogens is 1. The summed E-state index contributed by atoms with van der Waals surface area (Å²) < 4.78 is 0. The van der Waals surface area contributed by atoms with Crippen molar-refractivity contribution in [1.82, 2.24) is 20.1 Å². The van der Waals surface area contributed by atoms with Crippen LogP contribution in [0.3, 0.4) is 0 Å². The highest BCUT2D eigenvalue weighted by molar-refractivity contribution is 7.07. The molecule has 6 nitrogen and oxygen atoms in total. The molecule has 118 valence electrons. The molecule has 0 unspecified atom stereocenters. The Morgan fingerprint density at radius 3 is 3.24 bits per heavy atom. The van der Waals surface area contributed by atoms with Gasteiger partial charge in [0, 0.05) is 38.7 Å². The highest BCUT2D eigenvalue weighted by Gasteiger charge is 2.19. The summed E-state index contributed by atoms with van der Waals surface area (Å²) in [6.07, 6.45) is 2.23. The van der Waals surface area contributed by atoms with E-state index in [1.807, 2.05) is 5.38 Å². The third-order valence-electron chi connectivity index (χ3n) is 3.79. The van der Waals surface area contributed by atoms with E-state index >= 15 is 0 Å². The van der Waals surface area contributed by atoms with E-state index in [0.717, 1.165) is 38.2 Å². The van der Waals surface area contributed by atoms with Gasteiger partial charge in [0.05, 0.1) is 17.7 Å². The van der Waals surface area contributed by atoms with Crippen molar-refractivity contribution in [2.45, 2.75) is 19.4 Å². The number of nitrogens with one attached hydrogen (secondary N) is 1. The summed E-state index contributed by atoms with van der Waals surface area (Å²) in [7, 11) is 1.78. The Kier molecular flexibility index (Phi) is 6.41. The lowest BCUT2D eigenvalue weighted by atomic mass is 9.99. The highest BCUT2D eigenvalue weighted by atomic mass is 32.1. The van der Waals surface area contributed by atoms with Crippen molar-refractivity contribution in [3.05, 3.63) is 16.6 Å². The predicted molar refractivity (Wildman–Crippen MR) is 83.2 cm³/mol. The van der Waals surface area contributed by atoms with Gasteiger partial charge in [-0.05, 0) is 25.3 Å². The largest absolute Gasteiger partial charge is 0.396 e. The number of thiazole rings is 1. The second-order valence-corrected chi connectivity index (χ2v) is 6.28. The number of carbonyl (C=O) groups is 1. The van der Waals surface area contributed by atoms with Crippen molar-refractivity contribution in [3.8, 4) is 0 Å². The summed E-state index contributed by atoms with van der Waals surface area (Å²) in [4.78, 5) is 20.1. The van der Waals surface area contributed by atoms with Crippen LogP contribution in [0.1, 0.15) is 18.5 Å². The van der Waals surface area contributed by atoms with Crippen LogP contribution in [-0.2, 0) is 6.54 Å². The van der Waals surface area contributed by atoms with E-state index in [1.165, 1.54) is 11.3 Å². The van der Waals surface area contributed by atoms with Crippen LogP contribution in [0.5, 0.6) is 0 Å². The Morgan fingerprint density at radius 1 is 1.67 bits per heavy atom.